The van der Waals surface area contributed by atoms with Gasteiger partial charge < -0.3 is 29.7 Å². The molecule has 3 heterocycles. The summed E-state index contributed by atoms with van der Waals surface area (Å²) < 4.78 is 11.4. The summed E-state index contributed by atoms with van der Waals surface area (Å²) in [5.41, 5.74) is 1.89. The minimum atomic E-state index is -0.835. The first kappa shape index (κ1) is 24.1. The highest BCUT2D eigenvalue weighted by Gasteiger charge is 2.33. The predicted molar refractivity (Wildman–Crippen MR) is 144 cm³/mol. The van der Waals surface area contributed by atoms with Crippen LogP contribution in [0.15, 0.2) is 60.7 Å². The van der Waals surface area contributed by atoms with Crippen LogP contribution in [-0.4, -0.2) is 67.9 Å². The third-order valence-corrected chi connectivity index (χ3v) is 7.93. The van der Waals surface area contributed by atoms with Gasteiger partial charge in [0.15, 0.2) is 11.5 Å². The third kappa shape index (κ3) is 5.24. The Bertz CT molecular complexity index is 1260. The summed E-state index contributed by atoms with van der Waals surface area (Å²) in [4.78, 5) is 18.1. The maximum atomic E-state index is 13.5. The Morgan fingerprint density at radius 1 is 0.946 bits per heavy atom. The molecule has 0 spiro atoms. The summed E-state index contributed by atoms with van der Waals surface area (Å²) in [6, 6.07) is 20.0. The molecule has 0 aliphatic carbocycles. The van der Waals surface area contributed by atoms with Crippen molar-refractivity contribution in [3.8, 4) is 11.5 Å². The van der Waals surface area contributed by atoms with Crippen LogP contribution in [0, 0.1) is 5.92 Å². The molecular formula is C30H35N3O4. The van der Waals surface area contributed by atoms with Crippen LogP contribution in [0.25, 0.3) is 10.8 Å². The predicted octanol–water partition coefficient (Wildman–Crippen LogP) is 3.75. The van der Waals surface area contributed by atoms with Crippen molar-refractivity contribution in [3.63, 3.8) is 0 Å². The molecule has 2 N–H and O–H groups in total. The van der Waals surface area contributed by atoms with Crippen LogP contribution in [0.4, 0.5) is 5.69 Å². The number of carbonyl (C=O) groups is 1. The Balaban J connectivity index is 1.15. The van der Waals surface area contributed by atoms with Crippen molar-refractivity contribution in [2.75, 3.05) is 50.8 Å². The second-order valence-corrected chi connectivity index (χ2v) is 10.4. The van der Waals surface area contributed by atoms with Crippen LogP contribution in [0.5, 0.6) is 11.5 Å². The molecule has 6 rings (SSSR count). The minimum Gasteiger partial charge on any atom is -0.486 e. The van der Waals surface area contributed by atoms with Crippen LogP contribution >= 0.6 is 0 Å². The summed E-state index contributed by atoms with van der Waals surface area (Å²) in [7, 11) is 0. The molecule has 0 bridgehead atoms. The van der Waals surface area contributed by atoms with Gasteiger partial charge in [0.25, 0.3) is 0 Å². The summed E-state index contributed by atoms with van der Waals surface area (Å²) in [5, 5.41) is 17.1. The summed E-state index contributed by atoms with van der Waals surface area (Å²) in [5.74, 6) is 1.25. The maximum Gasteiger partial charge on any atom is 0.225 e. The number of fused-ring (bicyclic) bond motifs is 2. The Hall–Kier alpha value is -3.29. The number of nitrogens with one attached hydrogen (secondary N) is 1. The average Bonchev–Trinajstić information content (AvgIpc) is 3.64. The first-order chi connectivity index (χ1) is 18.1. The number of carbonyl (C=O) groups excluding carboxylic acids is 1. The van der Waals surface area contributed by atoms with Gasteiger partial charge in [0, 0.05) is 25.3 Å². The Morgan fingerprint density at radius 2 is 1.73 bits per heavy atom. The van der Waals surface area contributed by atoms with Crippen molar-refractivity contribution < 1.29 is 19.4 Å². The number of amides is 1. The maximum absolute atomic E-state index is 13.5. The number of rotatable bonds is 7. The molecule has 3 aromatic carbocycles. The van der Waals surface area contributed by atoms with Gasteiger partial charge in [-0.15, -0.1) is 0 Å². The van der Waals surface area contributed by atoms with Gasteiger partial charge in [0.2, 0.25) is 5.91 Å². The molecule has 2 fully saturated rings. The van der Waals surface area contributed by atoms with Crippen molar-refractivity contribution in [1.29, 1.82) is 0 Å². The highest BCUT2D eigenvalue weighted by Crippen LogP contribution is 2.34. The largest absolute Gasteiger partial charge is 0.486 e. The van der Waals surface area contributed by atoms with Gasteiger partial charge in [-0.2, -0.15) is 0 Å². The first-order valence-electron chi connectivity index (χ1n) is 13.5. The van der Waals surface area contributed by atoms with Gasteiger partial charge in [-0.05, 0) is 73.0 Å². The van der Waals surface area contributed by atoms with Crippen LogP contribution in [0.1, 0.15) is 30.9 Å². The van der Waals surface area contributed by atoms with Crippen molar-refractivity contribution in [2.24, 2.45) is 5.92 Å². The molecule has 194 valence electrons. The van der Waals surface area contributed by atoms with E-state index >= 15 is 0 Å². The lowest BCUT2D eigenvalue weighted by Gasteiger charge is -2.30. The van der Waals surface area contributed by atoms with Gasteiger partial charge in [0.05, 0.1) is 12.0 Å². The fourth-order valence-electron chi connectivity index (χ4n) is 5.83. The van der Waals surface area contributed by atoms with Crippen molar-refractivity contribution >= 4 is 22.4 Å². The summed E-state index contributed by atoms with van der Waals surface area (Å²) in [6.07, 6.45) is 2.28. The molecule has 37 heavy (non-hydrogen) atoms. The molecule has 0 radical (unpaired) electrons. The van der Waals surface area contributed by atoms with Gasteiger partial charge in [0.1, 0.15) is 19.3 Å². The molecule has 3 aliphatic heterocycles. The molecule has 3 atom stereocenters. The number of aliphatic hydroxyl groups is 1. The number of anilines is 1. The van der Waals surface area contributed by atoms with E-state index in [0.29, 0.717) is 37.8 Å². The molecule has 7 heteroatoms. The number of ether oxygens (including phenoxy) is 2. The van der Waals surface area contributed by atoms with Crippen molar-refractivity contribution in [3.05, 3.63) is 66.2 Å². The molecule has 3 aliphatic rings. The normalized spacial score (nSPS) is 21.2. The van der Waals surface area contributed by atoms with Gasteiger partial charge in [-0.25, -0.2) is 0 Å². The number of likely N-dealkylation sites (tertiary alicyclic amines) is 1. The Morgan fingerprint density at radius 3 is 2.57 bits per heavy atom. The van der Waals surface area contributed by atoms with Crippen molar-refractivity contribution in [1.82, 2.24) is 10.2 Å². The summed E-state index contributed by atoms with van der Waals surface area (Å²) in [6.45, 7) is 5.18. The quantitative estimate of drug-likeness (QED) is 0.514. The zero-order valence-electron chi connectivity index (χ0n) is 21.1. The fourth-order valence-corrected chi connectivity index (χ4v) is 5.83. The lowest BCUT2D eigenvalue weighted by Crippen LogP contribution is -2.48. The minimum absolute atomic E-state index is 0.0177. The Labute approximate surface area is 218 Å². The zero-order valence-corrected chi connectivity index (χ0v) is 21.1. The fraction of sp³-hybridized carbons (Fsp3) is 0.433. The molecular weight excluding hydrogens is 466 g/mol. The van der Waals surface area contributed by atoms with Gasteiger partial charge in [-0.3, -0.25) is 4.79 Å². The average molecular weight is 502 g/mol. The van der Waals surface area contributed by atoms with Gasteiger partial charge in [-0.1, -0.05) is 36.4 Å². The second kappa shape index (κ2) is 10.6. The Kier molecular flexibility index (Phi) is 6.89. The van der Waals surface area contributed by atoms with E-state index in [4.69, 9.17) is 9.47 Å². The smallest absolute Gasteiger partial charge is 0.225 e. The lowest BCUT2D eigenvalue weighted by atomic mass is 9.99. The van der Waals surface area contributed by atoms with E-state index in [1.165, 1.54) is 10.8 Å². The molecule has 0 unspecified atom stereocenters. The highest BCUT2D eigenvalue weighted by atomic mass is 16.6. The molecule has 7 nitrogen and oxygen atoms in total. The monoisotopic (exact) mass is 501 g/mol. The van der Waals surface area contributed by atoms with Crippen LogP contribution in [0.3, 0.4) is 0 Å². The van der Waals surface area contributed by atoms with E-state index < -0.39 is 12.1 Å². The lowest BCUT2D eigenvalue weighted by molar-refractivity contribution is -0.126. The molecule has 0 saturated carbocycles. The number of benzene rings is 3. The number of hydrogen-bond donors (Lipinski definition) is 2. The van der Waals surface area contributed by atoms with Crippen LogP contribution < -0.4 is 19.7 Å². The first-order valence-corrected chi connectivity index (χ1v) is 13.5. The standard InChI is InChI=1S/C30H35N3O4/c34-29(23-8-10-27-28(18-23)37-16-15-36-27)26(20-32-12-3-4-13-32)31-30(35)24-11-14-33(19-24)25-9-7-21-5-1-2-6-22(21)17-25/h1-2,5-10,17-18,24,26,29,34H,3-4,11-16,19-20H2,(H,31,35)/t24-,26+,29+/m0/s1. The number of hydrogen-bond acceptors (Lipinski definition) is 6. The van der Waals surface area contributed by atoms with E-state index in [1.54, 1.807) is 0 Å². The number of aliphatic hydroxyl groups excluding tert-OH is 1. The van der Waals surface area contributed by atoms with E-state index in [9.17, 15) is 9.90 Å². The molecule has 0 aromatic heterocycles. The molecule has 1 amide bonds. The molecule has 3 aromatic rings. The number of nitrogens with zero attached hydrogens (tertiary/aromatic N) is 2. The van der Waals surface area contributed by atoms with E-state index in [-0.39, 0.29) is 11.8 Å². The van der Waals surface area contributed by atoms with Crippen LogP contribution in [-0.2, 0) is 4.79 Å². The zero-order chi connectivity index (χ0) is 25.2. The third-order valence-electron chi connectivity index (χ3n) is 7.93. The second-order valence-electron chi connectivity index (χ2n) is 10.4. The highest BCUT2D eigenvalue weighted by molar-refractivity contribution is 5.86. The van der Waals surface area contributed by atoms with Crippen molar-refractivity contribution in [2.45, 2.75) is 31.4 Å². The summed E-state index contributed by atoms with van der Waals surface area (Å²) >= 11 is 0. The van der Waals surface area contributed by atoms with Gasteiger partial charge >= 0.3 is 0 Å². The van der Waals surface area contributed by atoms with E-state index in [2.05, 4.69) is 57.6 Å². The van der Waals surface area contributed by atoms with E-state index in [1.807, 2.05) is 18.2 Å². The molecule has 2 saturated heterocycles. The SMILES string of the molecule is O=C(N[C@H](CN1CCCC1)[C@H](O)c1ccc2c(c1)OCCO2)[C@H]1CCN(c2ccc3ccccc3c2)C1. The topological polar surface area (TPSA) is 74.3 Å². The van der Waals surface area contributed by atoms with E-state index in [0.717, 1.165) is 50.1 Å². The van der Waals surface area contributed by atoms with Crippen LogP contribution in [0.2, 0.25) is 0 Å².